The third kappa shape index (κ3) is 2.16. The van der Waals surface area contributed by atoms with E-state index in [1.54, 1.807) is 4.57 Å². The van der Waals surface area contributed by atoms with Crippen LogP contribution in [0.3, 0.4) is 0 Å². The Kier molecular flexibility index (Phi) is 3.11. The zero-order valence-electron chi connectivity index (χ0n) is 11.0. The van der Waals surface area contributed by atoms with Crippen LogP contribution in [-0.4, -0.2) is 21.4 Å². The van der Waals surface area contributed by atoms with Gasteiger partial charge in [0.25, 0.3) is 0 Å². The van der Waals surface area contributed by atoms with Crippen LogP contribution in [-0.2, 0) is 12.8 Å². The fourth-order valence-electron chi connectivity index (χ4n) is 2.47. The molecule has 0 spiro atoms. The number of aromatic nitrogens is 3. The molecule has 5 heteroatoms. The summed E-state index contributed by atoms with van der Waals surface area (Å²) in [5.74, 6) is 1.69. The molecule has 1 aromatic carbocycles. The van der Waals surface area contributed by atoms with E-state index in [9.17, 15) is 4.79 Å². The molecule has 19 heavy (non-hydrogen) atoms. The highest BCUT2D eigenvalue weighted by molar-refractivity contribution is 5.47. The Morgan fingerprint density at radius 2 is 2.32 bits per heavy atom. The molecular formula is C14H17N3O2. The molecular weight excluding hydrogens is 242 g/mol. The molecule has 2 heterocycles. The van der Waals surface area contributed by atoms with Gasteiger partial charge < -0.3 is 4.74 Å². The van der Waals surface area contributed by atoms with Crippen LogP contribution in [0.2, 0.25) is 0 Å². The van der Waals surface area contributed by atoms with Crippen molar-refractivity contribution in [2.45, 2.75) is 32.6 Å². The minimum atomic E-state index is -0.166. The Bertz CT molecular complexity index is 642. The van der Waals surface area contributed by atoms with E-state index in [1.165, 1.54) is 0 Å². The van der Waals surface area contributed by atoms with E-state index in [4.69, 9.17) is 4.74 Å². The lowest BCUT2D eigenvalue weighted by Crippen LogP contribution is -2.17. The number of benzene rings is 1. The van der Waals surface area contributed by atoms with Crippen molar-refractivity contribution in [3.63, 3.8) is 0 Å². The van der Waals surface area contributed by atoms with Gasteiger partial charge in [-0.2, -0.15) is 5.10 Å². The highest BCUT2D eigenvalue weighted by Gasteiger charge is 2.18. The molecule has 2 aromatic rings. The van der Waals surface area contributed by atoms with Crippen molar-refractivity contribution in [2.75, 3.05) is 6.61 Å². The predicted octanol–water partition coefficient (Wildman–Crippen LogP) is 1.84. The Balaban J connectivity index is 2.05. The van der Waals surface area contributed by atoms with Crippen LogP contribution in [0.15, 0.2) is 23.0 Å². The summed E-state index contributed by atoms with van der Waals surface area (Å²) in [7, 11) is 0. The number of rotatable bonds is 3. The number of hydrogen-bond acceptors (Lipinski definition) is 3. The van der Waals surface area contributed by atoms with E-state index in [0.717, 1.165) is 55.1 Å². The SMILES string of the molecule is CCCOc1ccc2c(c1)CCCc1n[nH]c(=O)n1-2. The minimum absolute atomic E-state index is 0.166. The van der Waals surface area contributed by atoms with Crippen LogP contribution >= 0.6 is 0 Å². The maximum absolute atomic E-state index is 11.8. The van der Waals surface area contributed by atoms with Gasteiger partial charge in [0.15, 0.2) is 0 Å². The maximum atomic E-state index is 11.8. The third-order valence-electron chi connectivity index (χ3n) is 3.35. The second-order valence-corrected chi connectivity index (χ2v) is 4.77. The molecule has 0 atom stereocenters. The Morgan fingerprint density at radius 1 is 1.42 bits per heavy atom. The molecule has 0 saturated carbocycles. The van der Waals surface area contributed by atoms with E-state index in [-0.39, 0.29) is 5.69 Å². The molecule has 1 N–H and O–H groups in total. The first-order valence-corrected chi connectivity index (χ1v) is 6.72. The standard InChI is InChI=1S/C14H17N3O2/c1-2-8-19-11-6-7-12-10(9-11)4-3-5-13-15-16-14(18)17(12)13/h6-7,9H,2-5,8H2,1H3,(H,16,18). The number of aryl methyl sites for hydroxylation is 2. The molecule has 100 valence electrons. The second-order valence-electron chi connectivity index (χ2n) is 4.77. The van der Waals surface area contributed by atoms with Gasteiger partial charge >= 0.3 is 5.69 Å². The van der Waals surface area contributed by atoms with Gasteiger partial charge in [-0.15, -0.1) is 0 Å². The maximum Gasteiger partial charge on any atom is 0.347 e. The quantitative estimate of drug-likeness (QED) is 0.915. The highest BCUT2D eigenvalue weighted by atomic mass is 16.5. The monoisotopic (exact) mass is 259 g/mol. The van der Waals surface area contributed by atoms with Crippen LogP contribution in [0.1, 0.15) is 31.2 Å². The number of nitrogens with zero attached hydrogens (tertiary/aromatic N) is 2. The van der Waals surface area contributed by atoms with Crippen molar-refractivity contribution in [3.05, 3.63) is 40.1 Å². The fourth-order valence-corrected chi connectivity index (χ4v) is 2.47. The lowest BCUT2D eigenvalue weighted by molar-refractivity contribution is 0.317. The van der Waals surface area contributed by atoms with Crippen molar-refractivity contribution in [3.8, 4) is 11.4 Å². The first kappa shape index (κ1) is 12.0. The summed E-state index contributed by atoms with van der Waals surface area (Å²) in [4.78, 5) is 11.8. The lowest BCUT2D eigenvalue weighted by Gasteiger charge is -2.10. The van der Waals surface area contributed by atoms with E-state index in [2.05, 4.69) is 17.1 Å². The summed E-state index contributed by atoms with van der Waals surface area (Å²) >= 11 is 0. The number of ether oxygens (including phenoxy) is 1. The molecule has 0 saturated heterocycles. The van der Waals surface area contributed by atoms with Gasteiger partial charge in [-0.25, -0.2) is 14.5 Å². The van der Waals surface area contributed by atoms with Crippen LogP contribution in [0, 0.1) is 0 Å². The molecule has 5 nitrogen and oxygen atoms in total. The first-order chi connectivity index (χ1) is 9.29. The largest absolute Gasteiger partial charge is 0.494 e. The van der Waals surface area contributed by atoms with Crippen LogP contribution < -0.4 is 10.4 Å². The highest BCUT2D eigenvalue weighted by Crippen LogP contribution is 2.25. The average Bonchev–Trinajstić information content (AvgIpc) is 2.69. The van der Waals surface area contributed by atoms with Crippen LogP contribution in [0.4, 0.5) is 0 Å². The van der Waals surface area contributed by atoms with E-state index >= 15 is 0 Å². The van der Waals surface area contributed by atoms with E-state index in [0.29, 0.717) is 0 Å². The van der Waals surface area contributed by atoms with Crippen molar-refractivity contribution in [1.82, 2.24) is 14.8 Å². The predicted molar refractivity (Wildman–Crippen MR) is 72.0 cm³/mol. The molecule has 0 amide bonds. The number of hydrogen-bond donors (Lipinski definition) is 1. The smallest absolute Gasteiger partial charge is 0.347 e. The molecule has 0 bridgehead atoms. The number of aromatic amines is 1. The molecule has 0 aliphatic carbocycles. The van der Waals surface area contributed by atoms with Crippen molar-refractivity contribution < 1.29 is 4.74 Å². The summed E-state index contributed by atoms with van der Waals surface area (Å²) in [6.07, 6.45) is 3.75. The Morgan fingerprint density at radius 3 is 3.16 bits per heavy atom. The molecule has 1 aromatic heterocycles. The lowest BCUT2D eigenvalue weighted by atomic mass is 10.1. The molecule has 3 rings (SSSR count). The van der Waals surface area contributed by atoms with Gasteiger partial charge in [0.2, 0.25) is 0 Å². The molecule has 0 unspecified atom stereocenters. The minimum Gasteiger partial charge on any atom is -0.494 e. The Labute approximate surface area is 111 Å². The topological polar surface area (TPSA) is 59.9 Å². The number of H-pyrrole nitrogens is 1. The van der Waals surface area contributed by atoms with Crippen molar-refractivity contribution >= 4 is 0 Å². The normalized spacial score (nSPS) is 13.5. The third-order valence-corrected chi connectivity index (χ3v) is 3.35. The van der Waals surface area contributed by atoms with Crippen LogP contribution in [0.25, 0.3) is 5.69 Å². The Hall–Kier alpha value is -2.04. The van der Waals surface area contributed by atoms with Gasteiger partial charge in [0, 0.05) is 6.42 Å². The van der Waals surface area contributed by atoms with E-state index < -0.39 is 0 Å². The summed E-state index contributed by atoms with van der Waals surface area (Å²) in [5, 5.41) is 6.60. The van der Waals surface area contributed by atoms with Crippen molar-refractivity contribution in [2.24, 2.45) is 0 Å². The molecule has 1 aliphatic heterocycles. The second kappa shape index (κ2) is 4.91. The van der Waals surface area contributed by atoms with Gasteiger partial charge in [-0.3, -0.25) is 0 Å². The summed E-state index contributed by atoms with van der Waals surface area (Å²) in [6.45, 7) is 2.80. The summed E-state index contributed by atoms with van der Waals surface area (Å²) in [6, 6.07) is 5.91. The first-order valence-electron chi connectivity index (χ1n) is 6.72. The van der Waals surface area contributed by atoms with Gasteiger partial charge in [0.05, 0.1) is 12.3 Å². The summed E-state index contributed by atoms with van der Waals surface area (Å²) in [5.41, 5.74) is 1.91. The van der Waals surface area contributed by atoms with Crippen LogP contribution in [0.5, 0.6) is 5.75 Å². The molecule has 0 fully saturated rings. The fraction of sp³-hybridized carbons (Fsp3) is 0.429. The molecule has 0 radical (unpaired) electrons. The van der Waals surface area contributed by atoms with Crippen molar-refractivity contribution in [1.29, 1.82) is 0 Å². The zero-order valence-corrected chi connectivity index (χ0v) is 11.0. The summed E-state index contributed by atoms with van der Waals surface area (Å²) < 4.78 is 7.32. The van der Waals surface area contributed by atoms with E-state index in [1.807, 2.05) is 18.2 Å². The average molecular weight is 259 g/mol. The molecule has 1 aliphatic rings. The number of nitrogens with one attached hydrogen (secondary N) is 1. The van der Waals surface area contributed by atoms with Gasteiger partial charge in [-0.05, 0) is 43.0 Å². The van der Waals surface area contributed by atoms with Gasteiger partial charge in [-0.1, -0.05) is 6.92 Å². The van der Waals surface area contributed by atoms with Gasteiger partial charge in [0.1, 0.15) is 11.6 Å². The zero-order chi connectivity index (χ0) is 13.2. The number of fused-ring (bicyclic) bond motifs is 3.